The van der Waals surface area contributed by atoms with Crippen LogP contribution in [-0.4, -0.2) is 35.8 Å². The zero-order valence-corrected chi connectivity index (χ0v) is 17.7. The van der Waals surface area contributed by atoms with Crippen molar-refractivity contribution in [2.75, 3.05) is 19.8 Å². The number of hydrogen-bond acceptors (Lipinski definition) is 7. The van der Waals surface area contributed by atoms with E-state index in [0.29, 0.717) is 42.6 Å². The van der Waals surface area contributed by atoms with Gasteiger partial charge in [0.2, 0.25) is 5.91 Å². The Kier molecular flexibility index (Phi) is 8.59. The lowest BCUT2D eigenvalue weighted by Crippen LogP contribution is -2.32. The molecule has 1 N–H and O–H groups in total. The topological polar surface area (TPSA) is 90.7 Å². The maximum absolute atomic E-state index is 12.3. The first-order valence-corrected chi connectivity index (χ1v) is 10.8. The van der Waals surface area contributed by atoms with E-state index >= 15 is 0 Å². The molecule has 0 aliphatic heterocycles. The van der Waals surface area contributed by atoms with Crippen molar-refractivity contribution in [2.24, 2.45) is 0 Å². The number of nitrogens with one attached hydrogen (secondary N) is 1. The van der Waals surface area contributed by atoms with Crippen LogP contribution in [0.5, 0.6) is 11.5 Å². The van der Waals surface area contributed by atoms with E-state index in [0.717, 1.165) is 16.9 Å². The second-order valence-corrected chi connectivity index (χ2v) is 8.07. The largest absolute Gasteiger partial charge is 0.490 e. The molecule has 152 valence electrons. The number of carbonyl (C=O) groups is 1. The van der Waals surface area contributed by atoms with Gasteiger partial charge < -0.3 is 14.8 Å². The van der Waals surface area contributed by atoms with Gasteiger partial charge in [0.05, 0.1) is 28.3 Å². The quantitative estimate of drug-likeness (QED) is 0.329. The van der Waals surface area contributed by atoms with Crippen LogP contribution in [-0.2, 0) is 11.2 Å². The number of carbonyl (C=O) groups excluding carboxylic acids is 1. The van der Waals surface area contributed by atoms with Crippen molar-refractivity contribution in [3.8, 4) is 11.5 Å². The highest BCUT2D eigenvalue weighted by Gasteiger charge is 2.21. The van der Waals surface area contributed by atoms with E-state index in [4.69, 9.17) is 9.47 Å². The molecule has 7 nitrogen and oxygen atoms in total. The van der Waals surface area contributed by atoms with Gasteiger partial charge in [-0.1, -0.05) is 17.4 Å². The average Bonchev–Trinajstić information content (AvgIpc) is 3.12. The minimum absolute atomic E-state index is 0.0718. The monoisotopic (exact) mass is 424 g/mol. The maximum Gasteiger partial charge on any atom is 0.337 e. The van der Waals surface area contributed by atoms with Crippen molar-refractivity contribution >= 4 is 34.0 Å². The number of benzene rings is 1. The molecular weight excluding hydrogens is 400 g/mol. The number of thiophene rings is 1. The molecule has 0 saturated carbocycles. The molecule has 0 aliphatic carbocycles. The van der Waals surface area contributed by atoms with Crippen LogP contribution in [0.4, 0.5) is 5.00 Å². The van der Waals surface area contributed by atoms with Gasteiger partial charge in [-0.2, -0.15) is 0 Å². The molecule has 2 aromatic rings. The predicted octanol–water partition coefficient (Wildman–Crippen LogP) is 4.29. The summed E-state index contributed by atoms with van der Waals surface area (Å²) in [6.07, 6.45) is 0.647. The summed E-state index contributed by atoms with van der Waals surface area (Å²) in [6, 6.07) is 7.42. The van der Waals surface area contributed by atoms with Crippen LogP contribution in [0.3, 0.4) is 0 Å². The molecule has 1 heterocycles. The van der Waals surface area contributed by atoms with Crippen LogP contribution in [0.1, 0.15) is 26.3 Å². The molecule has 1 aromatic carbocycles. The molecule has 1 atom stereocenters. The Morgan fingerprint density at radius 2 is 1.96 bits per heavy atom. The predicted molar refractivity (Wildman–Crippen MR) is 112 cm³/mol. The van der Waals surface area contributed by atoms with Crippen molar-refractivity contribution in [2.45, 2.75) is 37.3 Å². The first-order valence-electron chi connectivity index (χ1n) is 9.01. The van der Waals surface area contributed by atoms with Crippen molar-refractivity contribution in [3.63, 3.8) is 0 Å². The third kappa shape index (κ3) is 6.13. The van der Waals surface area contributed by atoms with Crippen molar-refractivity contribution < 1.29 is 19.2 Å². The van der Waals surface area contributed by atoms with E-state index < -0.39 is 10.2 Å². The number of nitro groups is 1. The third-order valence-electron chi connectivity index (χ3n) is 3.77. The van der Waals surface area contributed by atoms with E-state index in [9.17, 15) is 14.9 Å². The maximum atomic E-state index is 12.3. The highest BCUT2D eigenvalue weighted by Crippen LogP contribution is 2.36. The Morgan fingerprint density at radius 1 is 1.25 bits per heavy atom. The Labute approximate surface area is 172 Å². The number of amides is 1. The third-order valence-corrected chi connectivity index (χ3v) is 5.91. The zero-order chi connectivity index (χ0) is 20.5. The fraction of sp³-hybridized carbons (Fsp3) is 0.421. The number of rotatable bonds is 11. The minimum atomic E-state index is -0.424. The summed E-state index contributed by atoms with van der Waals surface area (Å²) in [5.74, 6) is 1.25. The SMILES string of the molecule is CCOc1ccc(CCNC(=O)[C@@H](C)Sc2ccsc2[N+](=O)[O-])cc1OCC. The lowest BCUT2D eigenvalue weighted by atomic mass is 10.1. The van der Waals surface area contributed by atoms with Gasteiger partial charge in [0.25, 0.3) is 0 Å². The van der Waals surface area contributed by atoms with Gasteiger partial charge in [-0.15, -0.1) is 11.8 Å². The Hall–Kier alpha value is -2.26. The van der Waals surface area contributed by atoms with E-state index in [-0.39, 0.29) is 10.9 Å². The average molecular weight is 425 g/mol. The molecule has 0 saturated heterocycles. The van der Waals surface area contributed by atoms with Crippen LogP contribution in [0.15, 0.2) is 34.5 Å². The summed E-state index contributed by atoms with van der Waals surface area (Å²) in [5, 5.41) is 15.2. The van der Waals surface area contributed by atoms with E-state index in [1.54, 1.807) is 18.4 Å². The molecule has 1 amide bonds. The summed E-state index contributed by atoms with van der Waals surface area (Å²) in [6.45, 7) is 7.15. The second kappa shape index (κ2) is 10.9. The van der Waals surface area contributed by atoms with Gasteiger partial charge >= 0.3 is 5.00 Å². The summed E-state index contributed by atoms with van der Waals surface area (Å²) >= 11 is 2.26. The zero-order valence-electron chi connectivity index (χ0n) is 16.1. The Bertz CT molecular complexity index is 809. The highest BCUT2D eigenvalue weighted by atomic mass is 32.2. The molecule has 2 rings (SSSR count). The first kappa shape index (κ1) is 22.0. The normalized spacial score (nSPS) is 11.7. The summed E-state index contributed by atoms with van der Waals surface area (Å²) in [7, 11) is 0. The molecular formula is C19H24N2O5S2. The first-order chi connectivity index (χ1) is 13.5. The fourth-order valence-electron chi connectivity index (χ4n) is 2.48. The van der Waals surface area contributed by atoms with Crippen LogP contribution < -0.4 is 14.8 Å². The van der Waals surface area contributed by atoms with E-state index in [2.05, 4.69) is 5.32 Å². The molecule has 0 unspecified atom stereocenters. The molecule has 1 aromatic heterocycles. The smallest absolute Gasteiger partial charge is 0.337 e. The van der Waals surface area contributed by atoms with Crippen LogP contribution in [0.25, 0.3) is 0 Å². The van der Waals surface area contributed by atoms with E-state index in [1.807, 2.05) is 32.0 Å². The molecule has 0 bridgehead atoms. The van der Waals surface area contributed by atoms with Crippen molar-refractivity contribution in [3.05, 3.63) is 45.3 Å². The Morgan fingerprint density at radius 3 is 2.64 bits per heavy atom. The highest BCUT2D eigenvalue weighted by molar-refractivity contribution is 8.00. The van der Waals surface area contributed by atoms with Crippen LogP contribution in [0, 0.1) is 10.1 Å². The van der Waals surface area contributed by atoms with E-state index in [1.165, 1.54) is 11.8 Å². The molecule has 9 heteroatoms. The fourth-order valence-corrected chi connectivity index (χ4v) is 4.35. The van der Waals surface area contributed by atoms with Crippen molar-refractivity contribution in [1.82, 2.24) is 5.32 Å². The second-order valence-electron chi connectivity index (χ2n) is 5.80. The van der Waals surface area contributed by atoms with Gasteiger partial charge in [0.1, 0.15) is 0 Å². The minimum Gasteiger partial charge on any atom is -0.490 e. The summed E-state index contributed by atoms with van der Waals surface area (Å²) < 4.78 is 11.2. The van der Waals surface area contributed by atoms with Gasteiger partial charge in [0.15, 0.2) is 11.5 Å². The lowest BCUT2D eigenvalue weighted by molar-refractivity contribution is -0.382. The lowest BCUT2D eigenvalue weighted by Gasteiger charge is -2.13. The number of thioether (sulfide) groups is 1. The van der Waals surface area contributed by atoms with Crippen molar-refractivity contribution in [1.29, 1.82) is 0 Å². The molecule has 0 fully saturated rings. The van der Waals surface area contributed by atoms with Gasteiger partial charge in [0, 0.05) is 6.54 Å². The van der Waals surface area contributed by atoms with Crippen LogP contribution >= 0.6 is 23.1 Å². The molecule has 28 heavy (non-hydrogen) atoms. The van der Waals surface area contributed by atoms with Gasteiger partial charge in [-0.05, 0) is 56.3 Å². The molecule has 0 spiro atoms. The standard InChI is InChI=1S/C19H24N2O5S2/c1-4-25-15-7-6-14(12-16(15)26-5-2)8-10-20-18(22)13(3)28-17-9-11-27-19(17)21(23)24/h6-7,9,11-13H,4-5,8,10H2,1-3H3,(H,20,22)/t13-/m1/s1. The Balaban J connectivity index is 1.88. The number of nitrogens with zero attached hydrogens (tertiary/aromatic N) is 1. The molecule has 0 radical (unpaired) electrons. The number of hydrogen-bond donors (Lipinski definition) is 1. The summed E-state index contributed by atoms with van der Waals surface area (Å²) in [4.78, 5) is 23.4. The summed E-state index contributed by atoms with van der Waals surface area (Å²) in [5.41, 5.74) is 1.03. The van der Waals surface area contributed by atoms with Crippen LogP contribution in [0.2, 0.25) is 0 Å². The van der Waals surface area contributed by atoms with Gasteiger partial charge in [-0.25, -0.2) is 0 Å². The van der Waals surface area contributed by atoms with Gasteiger partial charge in [-0.3, -0.25) is 14.9 Å². The molecule has 0 aliphatic rings. The number of ether oxygens (including phenoxy) is 2.